The maximum atomic E-state index is 10.8. The molecular weight excluding hydrogens is 262 g/mol. The topological polar surface area (TPSA) is 40.5 Å². The molecule has 3 nitrogen and oxygen atoms in total. The van der Waals surface area contributed by atoms with Crippen molar-refractivity contribution in [1.29, 1.82) is 0 Å². The van der Waals surface area contributed by atoms with Crippen LogP contribution in [0.25, 0.3) is 0 Å². The smallest absolute Gasteiger partial charge is 0.304 e. The third-order valence-electron chi connectivity index (χ3n) is 4.36. The van der Waals surface area contributed by atoms with Gasteiger partial charge in [0.1, 0.15) is 0 Å². The van der Waals surface area contributed by atoms with Crippen molar-refractivity contribution in [2.45, 2.75) is 64.5 Å². The van der Waals surface area contributed by atoms with Gasteiger partial charge in [-0.05, 0) is 36.3 Å². The predicted molar refractivity (Wildman–Crippen MR) is 85.5 cm³/mol. The minimum absolute atomic E-state index is 0.168. The first-order chi connectivity index (χ1) is 9.79. The molecule has 1 aromatic rings. The van der Waals surface area contributed by atoms with Crippen LogP contribution < -0.4 is 0 Å². The van der Waals surface area contributed by atoms with Gasteiger partial charge in [0, 0.05) is 18.6 Å². The van der Waals surface area contributed by atoms with Crippen molar-refractivity contribution in [1.82, 2.24) is 4.90 Å². The fourth-order valence-electron chi connectivity index (χ4n) is 2.78. The molecule has 1 atom stereocenters. The molecule has 3 heteroatoms. The Morgan fingerprint density at radius 2 is 1.86 bits per heavy atom. The largest absolute Gasteiger partial charge is 0.481 e. The summed E-state index contributed by atoms with van der Waals surface area (Å²) >= 11 is 0. The lowest BCUT2D eigenvalue weighted by Crippen LogP contribution is -2.31. The van der Waals surface area contributed by atoms with Crippen LogP contribution in [0.1, 0.15) is 64.1 Å². The van der Waals surface area contributed by atoms with Crippen molar-refractivity contribution in [3.8, 4) is 0 Å². The van der Waals surface area contributed by atoms with E-state index < -0.39 is 5.97 Å². The standard InChI is InChI=1S/C18H27NO2/c1-13(19(16-9-10-16)12-11-17(20)21)14-5-7-15(8-6-14)18(2,3)4/h5-8,13,16H,9-12H2,1-4H3,(H,20,21). The van der Waals surface area contributed by atoms with Gasteiger partial charge in [-0.15, -0.1) is 0 Å². The number of benzene rings is 1. The van der Waals surface area contributed by atoms with Crippen LogP contribution in [-0.4, -0.2) is 28.6 Å². The molecular formula is C18H27NO2. The molecule has 116 valence electrons. The van der Waals surface area contributed by atoms with Gasteiger partial charge in [-0.1, -0.05) is 45.0 Å². The monoisotopic (exact) mass is 289 g/mol. The number of carbonyl (C=O) groups is 1. The van der Waals surface area contributed by atoms with Gasteiger partial charge in [0.05, 0.1) is 6.42 Å². The van der Waals surface area contributed by atoms with Crippen LogP contribution in [-0.2, 0) is 10.2 Å². The zero-order valence-electron chi connectivity index (χ0n) is 13.6. The molecule has 0 aromatic heterocycles. The molecule has 1 N–H and O–H groups in total. The van der Waals surface area contributed by atoms with Crippen molar-refractivity contribution < 1.29 is 9.90 Å². The zero-order valence-corrected chi connectivity index (χ0v) is 13.6. The van der Waals surface area contributed by atoms with Crippen LogP contribution in [0.4, 0.5) is 0 Å². The predicted octanol–water partition coefficient (Wildman–Crippen LogP) is 3.98. The molecule has 0 radical (unpaired) electrons. The van der Waals surface area contributed by atoms with E-state index in [-0.39, 0.29) is 17.9 Å². The summed E-state index contributed by atoms with van der Waals surface area (Å²) in [5.41, 5.74) is 2.78. The first-order valence-corrected chi connectivity index (χ1v) is 7.87. The highest BCUT2D eigenvalue weighted by Gasteiger charge is 2.32. The number of nitrogens with zero attached hydrogens (tertiary/aromatic N) is 1. The summed E-state index contributed by atoms with van der Waals surface area (Å²) in [6.07, 6.45) is 2.62. The van der Waals surface area contributed by atoms with Crippen molar-refractivity contribution in [2.75, 3.05) is 6.54 Å². The van der Waals surface area contributed by atoms with Gasteiger partial charge in [0.15, 0.2) is 0 Å². The lowest BCUT2D eigenvalue weighted by atomic mass is 9.86. The molecule has 21 heavy (non-hydrogen) atoms. The maximum Gasteiger partial charge on any atom is 0.304 e. The van der Waals surface area contributed by atoms with Crippen molar-refractivity contribution in [3.63, 3.8) is 0 Å². The quantitative estimate of drug-likeness (QED) is 0.861. The Bertz CT molecular complexity index is 483. The van der Waals surface area contributed by atoms with E-state index in [0.717, 1.165) is 0 Å². The highest BCUT2D eigenvalue weighted by Crippen LogP contribution is 2.35. The highest BCUT2D eigenvalue weighted by molar-refractivity contribution is 5.66. The number of carboxylic acid groups (broad SMARTS) is 1. The van der Waals surface area contributed by atoms with Gasteiger partial charge in [-0.3, -0.25) is 9.69 Å². The van der Waals surface area contributed by atoms with Crippen LogP contribution in [0.3, 0.4) is 0 Å². The second-order valence-corrected chi connectivity index (χ2v) is 7.16. The van der Waals surface area contributed by atoms with Gasteiger partial charge in [-0.2, -0.15) is 0 Å². The van der Waals surface area contributed by atoms with E-state index in [9.17, 15) is 4.79 Å². The van der Waals surface area contributed by atoms with Crippen LogP contribution >= 0.6 is 0 Å². The Kier molecular flexibility index (Phi) is 4.72. The average Bonchev–Trinajstić information content (AvgIpc) is 3.22. The third-order valence-corrected chi connectivity index (χ3v) is 4.36. The summed E-state index contributed by atoms with van der Waals surface area (Å²) in [5, 5.41) is 8.92. The molecule has 1 aliphatic rings. The van der Waals surface area contributed by atoms with E-state index in [0.29, 0.717) is 12.6 Å². The first kappa shape index (κ1) is 16.0. The second kappa shape index (κ2) is 6.18. The van der Waals surface area contributed by atoms with Gasteiger partial charge in [-0.25, -0.2) is 0 Å². The molecule has 0 heterocycles. The Hall–Kier alpha value is -1.35. The number of carboxylic acids is 1. The first-order valence-electron chi connectivity index (χ1n) is 7.87. The molecule has 0 spiro atoms. The summed E-state index contributed by atoms with van der Waals surface area (Å²) in [6, 6.07) is 9.65. The van der Waals surface area contributed by atoms with Crippen molar-refractivity contribution >= 4 is 5.97 Å². The number of rotatable bonds is 6. The van der Waals surface area contributed by atoms with Crippen molar-refractivity contribution in [3.05, 3.63) is 35.4 Å². The molecule has 1 aromatic carbocycles. The Morgan fingerprint density at radius 3 is 2.29 bits per heavy atom. The Labute approximate surface area is 128 Å². The molecule has 1 saturated carbocycles. The van der Waals surface area contributed by atoms with E-state index in [1.165, 1.54) is 24.0 Å². The minimum Gasteiger partial charge on any atom is -0.481 e. The summed E-state index contributed by atoms with van der Waals surface area (Å²) in [4.78, 5) is 13.2. The summed E-state index contributed by atoms with van der Waals surface area (Å²) < 4.78 is 0. The second-order valence-electron chi connectivity index (χ2n) is 7.16. The normalized spacial score (nSPS) is 17.0. The van der Waals surface area contributed by atoms with Gasteiger partial charge >= 0.3 is 5.97 Å². The third kappa shape index (κ3) is 4.31. The Balaban J connectivity index is 2.09. The molecule has 0 amide bonds. The van der Waals surface area contributed by atoms with Gasteiger partial charge in [0.2, 0.25) is 0 Å². The lowest BCUT2D eigenvalue weighted by Gasteiger charge is -2.29. The average molecular weight is 289 g/mol. The van der Waals surface area contributed by atoms with Crippen LogP contribution in [0.2, 0.25) is 0 Å². The molecule has 1 unspecified atom stereocenters. The lowest BCUT2D eigenvalue weighted by molar-refractivity contribution is -0.137. The molecule has 1 aliphatic carbocycles. The maximum absolute atomic E-state index is 10.8. The van der Waals surface area contributed by atoms with E-state index >= 15 is 0 Å². The molecule has 0 saturated heterocycles. The van der Waals surface area contributed by atoms with Gasteiger partial charge < -0.3 is 5.11 Å². The number of aliphatic carboxylic acids is 1. The van der Waals surface area contributed by atoms with E-state index in [4.69, 9.17) is 5.11 Å². The van der Waals surface area contributed by atoms with E-state index in [2.05, 4.69) is 56.9 Å². The van der Waals surface area contributed by atoms with E-state index in [1.54, 1.807) is 0 Å². The molecule has 2 rings (SSSR count). The Morgan fingerprint density at radius 1 is 1.29 bits per heavy atom. The van der Waals surface area contributed by atoms with Crippen molar-refractivity contribution in [2.24, 2.45) is 0 Å². The number of hydrogen-bond donors (Lipinski definition) is 1. The van der Waals surface area contributed by atoms with Gasteiger partial charge in [0.25, 0.3) is 0 Å². The summed E-state index contributed by atoms with van der Waals surface area (Å²) in [7, 11) is 0. The summed E-state index contributed by atoms with van der Waals surface area (Å²) in [6.45, 7) is 9.48. The fraction of sp³-hybridized carbons (Fsp3) is 0.611. The summed E-state index contributed by atoms with van der Waals surface area (Å²) in [5.74, 6) is -0.712. The van der Waals surface area contributed by atoms with Crippen LogP contribution in [0, 0.1) is 0 Å². The van der Waals surface area contributed by atoms with Crippen LogP contribution in [0.15, 0.2) is 24.3 Å². The highest BCUT2D eigenvalue weighted by atomic mass is 16.4. The number of hydrogen-bond acceptors (Lipinski definition) is 2. The molecule has 0 bridgehead atoms. The minimum atomic E-state index is -0.712. The zero-order chi connectivity index (χ0) is 15.6. The molecule has 0 aliphatic heterocycles. The fourth-order valence-corrected chi connectivity index (χ4v) is 2.78. The molecule has 1 fully saturated rings. The SMILES string of the molecule is CC(c1ccc(C(C)(C)C)cc1)N(CCC(=O)O)C1CC1. The van der Waals surface area contributed by atoms with Crippen LogP contribution in [0.5, 0.6) is 0 Å². The van der Waals surface area contributed by atoms with E-state index in [1.807, 2.05) is 0 Å².